The summed E-state index contributed by atoms with van der Waals surface area (Å²) in [6.45, 7) is 0.498. The summed E-state index contributed by atoms with van der Waals surface area (Å²) in [5.41, 5.74) is 5.70. The topological polar surface area (TPSA) is 275 Å². The summed E-state index contributed by atoms with van der Waals surface area (Å²) >= 11 is 14.0. The molecular formula is C48H44Cl2N8O10. The first-order valence-corrected chi connectivity index (χ1v) is 21.6. The largest absolute Gasteiger partial charge is 0.481 e. The molecule has 6 aromatic rings. The molecule has 0 unspecified atom stereocenters. The summed E-state index contributed by atoms with van der Waals surface area (Å²) in [5.74, 6) is -1.41. The van der Waals surface area contributed by atoms with Crippen LogP contribution in [0.2, 0.25) is 10.0 Å². The number of nitrogens with one attached hydrogen (secondary N) is 2. The second kappa shape index (κ2) is 24.9. The van der Waals surface area contributed by atoms with Gasteiger partial charge in [-0.15, -0.1) is 0 Å². The van der Waals surface area contributed by atoms with E-state index < -0.39 is 37.0 Å². The monoisotopic (exact) mass is 962 g/mol. The van der Waals surface area contributed by atoms with Crippen molar-refractivity contribution in [2.24, 2.45) is 0 Å². The fourth-order valence-electron chi connectivity index (χ4n) is 6.54. The van der Waals surface area contributed by atoms with Gasteiger partial charge in [0.15, 0.2) is 0 Å². The zero-order valence-corrected chi connectivity index (χ0v) is 37.7. The maximum Gasteiger partial charge on any atom is 0.306 e. The Morgan fingerprint density at radius 3 is 1.41 bits per heavy atom. The van der Waals surface area contributed by atoms with Gasteiger partial charge in [0.1, 0.15) is 38.6 Å². The Hall–Kier alpha value is -7.42. The van der Waals surface area contributed by atoms with E-state index in [2.05, 4.69) is 30.6 Å². The number of carboxylic acids is 2. The van der Waals surface area contributed by atoms with Crippen LogP contribution in [-0.4, -0.2) is 77.6 Å². The van der Waals surface area contributed by atoms with E-state index in [-0.39, 0.29) is 76.1 Å². The Morgan fingerprint density at radius 1 is 0.588 bits per heavy atom. The molecule has 0 bridgehead atoms. The predicted octanol–water partition coefficient (Wildman–Crippen LogP) is 6.15. The number of aliphatic carboxylic acids is 2. The average molecular weight is 964 g/mol. The summed E-state index contributed by atoms with van der Waals surface area (Å²) in [5, 5.41) is 63.4. The normalized spacial score (nSPS) is 11.7. The number of halogens is 2. The number of aliphatic hydroxyl groups excluding tert-OH is 2. The van der Waals surface area contributed by atoms with Gasteiger partial charge >= 0.3 is 11.9 Å². The fraction of sp³-hybridized carbons (Fsp3) is 0.250. The van der Waals surface area contributed by atoms with Crippen LogP contribution in [0.5, 0.6) is 23.5 Å². The van der Waals surface area contributed by atoms with Crippen molar-refractivity contribution in [3.05, 3.63) is 152 Å². The van der Waals surface area contributed by atoms with Gasteiger partial charge < -0.3 is 50.0 Å². The molecule has 0 fully saturated rings. The molecule has 0 aliphatic heterocycles. The molecule has 6 N–H and O–H groups in total. The van der Waals surface area contributed by atoms with Crippen molar-refractivity contribution in [1.29, 1.82) is 10.5 Å². The summed E-state index contributed by atoms with van der Waals surface area (Å²) < 4.78 is 24.3. The number of aromatic nitrogens is 4. The first kappa shape index (κ1) is 50.0. The lowest BCUT2D eigenvalue weighted by molar-refractivity contribution is -0.140. The van der Waals surface area contributed by atoms with Crippen LogP contribution in [0.3, 0.4) is 0 Å². The highest BCUT2D eigenvalue weighted by Gasteiger charge is 2.18. The number of hydrogen-bond acceptors (Lipinski definition) is 16. The van der Waals surface area contributed by atoms with Crippen LogP contribution < -0.4 is 29.6 Å². The van der Waals surface area contributed by atoms with Crippen molar-refractivity contribution in [1.82, 2.24) is 30.6 Å². The maximum absolute atomic E-state index is 11.0. The minimum Gasteiger partial charge on any atom is -0.481 e. The van der Waals surface area contributed by atoms with Crippen LogP contribution in [0.4, 0.5) is 0 Å². The number of nitrogens with zero attached hydrogens (tertiary/aromatic N) is 6. The molecule has 0 aliphatic rings. The zero-order valence-electron chi connectivity index (χ0n) is 36.1. The van der Waals surface area contributed by atoms with Gasteiger partial charge in [-0.05, 0) is 24.3 Å². The Morgan fingerprint density at radius 2 is 1.01 bits per heavy atom. The second-order valence-corrected chi connectivity index (χ2v) is 15.8. The third-order valence-corrected chi connectivity index (χ3v) is 10.7. The average Bonchev–Trinajstić information content (AvgIpc) is 3.32. The molecule has 0 spiro atoms. The summed E-state index contributed by atoms with van der Waals surface area (Å²) in [4.78, 5) is 39.3. The van der Waals surface area contributed by atoms with E-state index in [9.17, 15) is 30.3 Å². The molecule has 0 amide bonds. The van der Waals surface area contributed by atoms with E-state index in [0.717, 1.165) is 0 Å². The lowest BCUT2D eigenvalue weighted by Crippen LogP contribution is -2.28. The molecule has 0 radical (unpaired) electrons. The smallest absolute Gasteiger partial charge is 0.306 e. The van der Waals surface area contributed by atoms with Crippen molar-refractivity contribution < 1.29 is 49.0 Å². The van der Waals surface area contributed by atoms with Crippen LogP contribution >= 0.6 is 23.2 Å². The number of pyridine rings is 4. The molecule has 6 rings (SSSR count). The van der Waals surface area contributed by atoms with Gasteiger partial charge in [-0.2, -0.15) is 20.5 Å². The predicted molar refractivity (Wildman–Crippen MR) is 246 cm³/mol. The van der Waals surface area contributed by atoms with Crippen LogP contribution in [0.15, 0.2) is 97.6 Å². The van der Waals surface area contributed by atoms with Gasteiger partial charge in [-0.25, -0.2) is 0 Å². The Bertz CT molecular complexity index is 2620. The third-order valence-electron chi connectivity index (χ3n) is 9.84. The molecule has 18 nitrogen and oxygen atoms in total. The highest BCUT2D eigenvalue weighted by atomic mass is 35.5. The minimum absolute atomic E-state index is 0.0113. The van der Waals surface area contributed by atoms with Crippen molar-refractivity contribution in [2.45, 2.75) is 64.6 Å². The maximum atomic E-state index is 11.0. The highest BCUT2D eigenvalue weighted by Crippen LogP contribution is 2.38. The molecule has 0 aliphatic carbocycles. The summed E-state index contributed by atoms with van der Waals surface area (Å²) in [7, 11) is 0. The first-order valence-electron chi connectivity index (χ1n) is 20.8. The number of rotatable bonds is 25. The molecule has 20 heteroatoms. The molecule has 350 valence electrons. The number of ether oxygens (including phenoxy) is 4. The SMILES string of the molecule is N#Cc1cncc(COc2nc(OCc3cccc(-c4cccc(COc5ccc(CNC[C@@H](O)CC(=O)O)c(OCc6cncc(C#N)c6)n5)c4Cl)c3Cl)ccc2CNC[C@@H](O)CC(=O)O)c1. The lowest BCUT2D eigenvalue weighted by Gasteiger charge is -2.16. The van der Waals surface area contributed by atoms with E-state index in [1.807, 2.05) is 36.4 Å². The molecule has 0 saturated carbocycles. The number of hydrogen-bond donors (Lipinski definition) is 6. The zero-order chi connectivity index (χ0) is 48.4. The quantitative estimate of drug-likeness (QED) is 0.0375. The standard InChI is InChI=1S/C48H44Cl2N8O10/c49-45-35(27-65-41-9-7-33(21-55-23-37(59)13-43(61)62)47(57-41)67-25-31-11-29(15-51)17-53-19-31)3-1-5-39(45)40-6-2-4-36(46(40)50)28-66-42-10-8-34(22-56-24-38(60)14-44(63)64)48(58-42)68-26-32-12-30(16-52)18-54-20-32/h1-12,17-20,37-38,55-56,59-60H,13-14,21-28H2,(H,61,62)(H,63,64)/t37-,38-/m0/s1. The van der Waals surface area contributed by atoms with Crippen molar-refractivity contribution in [3.63, 3.8) is 0 Å². The number of benzene rings is 2. The van der Waals surface area contributed by atoms with Crippen LogP contribution in [0.1, 0.15) is 57.3 Å². The number of aliphatic hydroxyl groups is 2. The van der Waals surface area contributed by atoms with E-state index in [0.29, 0.717) is 65.7 Å². The number of carboxylic acid groups (broad SMARTS) is 2. The third kappa shape index (κ3) is 14.8. The van der Waals surface area contributed by atoms with Crippen LogP contribution in [-0.2, 0) is 49.1 Å². The van der Waals surface area contributed by atoms with E-state index in [1.165, 1.54) is 12.4 Å². The Labute approximate surface area is 400 Å². The molecule has 0 saturated heterocycles. The van der Waals surface area contributed by atoms with Gasteiger partial charge in [0, 0.05) is 108 Å². The Kier molecular flexibility index (Phi) is 18.3. The molecule has 2 aromatic carbocycles. The van der Waals surface area contributed by atoms with Gasteiger partial charge in [0.2, 0.25) is 23.5 Å². The Balaban J connectivity index is 1.15. The summed E-state index contributed by atoms with van der Waals surface area (Å²) in [6.07, 6.45) is 2.98. The number of nitriles is 2. The molecule has 2 atom stereocenters. The number of carbonyl (C=O) groups is 2. The minimum atomic E-state index is -1.12. The van der Waals surface area contributed by atoms with Crippen LogP contribution in [0, 0.1) is 22.7 Å². The van der Waals surface area contributed by atoms with Crippen LogP contribution in [0.25, 0.3) is 11.1 Å². The van der Waals surface area contributed by atoms with Gasteiger partial charge in [-0.1, -0.05) is 59.6 Å². The molecule has 4 heterocycles. The van der Waals surface area contributed by atoms with E-state index in [4.69, 9.17) is 52.4 Å². The van der Waals surface area contributed by atoms with E-state index >= 15 is 0 Å². The van der Waals surface area contributed by atoms with Crippen molar-refractivity contribution in [2.75, 3.05) is 13.1 Å². The van der Waals surface area contributed by atoms with E-state index in [1.54, 1.807) is 60.9 Å². The van der Waals surface area contributed by atoms with Crippen molar-refractivity contribution in [3.8, 4) is 46.8 Å². The van der Waals surface area contributed by atoms with Gasteiger partial charge in [0.25, 0.3) is 0 Å². The van der Waals surface area contributed by atoms with Gasteiger partial charge in [0.05, 0.1) is 46.2 Å². The summed E-state index contributed by atoms with van der Waals surface area (Å²) in [6, 6.07) is 25.0. The second-order valence-electron chi connectivity index (χ2n) is 15.1. The molecule has 68 heavy (non-hydrogen) atoms. The lowest BCUT2D eigenvalue weighted by atomic mass is 10.0. The van der Waals surface area contributed by atoms with Crippen molar-refractivity contribution >= 4 is 35.1 Å². The van der Waals surface area contributed by atoms with Gasteiger partial charge in [-0.3, -0.25) is 19.6 Å². The first-order chi connectivity index (χ1) is 32.9. The highest BCUT2D eigenvalue weighted by molar-refractivity contribution is 6.37. The molecule has 4 aromatic heterocycles. The molecular weight excluding hydrogens is 919 g/mol. The fourth-order valence-corrected chi connectivity index (χ4v) is 7.10.